The first-order valence-electron chi connectivity index (χ1n) is 12.4. The van der Waals surface area contributed by atoms with E-state index < -0.39 is 28.9 Å². The minimum atomic E-state index is -4.63. The summed E-state index contributed by atoms with van der Waals surface area (Å²) in [6.45, 7) is 5.03. The van der Waals surface area contributed by atoms with Crippen molar-refractivity contribution in [2.24, 2.45) is 11.3 Å². The molecule has 2 atom stereocenters. The number of halogens is 3. The van der Waals surface area contributed by atoms with Gasteiger partial charge in [0, 0.05) is 25.0 Å². The van der Waals surface area contributed by atoms with Crippen molar-refractivity contribution >= 4 is 34.9 Å². The second-order valence-corrected chi connectivity index (χ2v) is 11.5. The van der Waals surface area contributed by atoms with E-state index in [4.69, 9.17) is 9.47 Å². The summed E-state index contributed by atoms with van der Waals surface area (Å²) in [5, 5.41) is 14.8. The smallest absolute Gasteiger partial charge is 0.433 e. The Kier molecular flexibility index (Phi) is 8.18. The van der Waals surface area contributed by atoms with Crippen molar-refractivity contribution in [3.8, 4) is 10.4 Å². The zero-order chi connectivity index (χ0) is 29.3. The van der Waals surface area contributed by atoms with Gasteiger partial charge in [-0.2, -0.15) is 13.2 Å². The molecule has 1 fully saturated rings. The predicted molar refractivity (Wildman–Crippen MR) is 140 cm³/mol. The van der Waals surface area contributed by atoms with Gasteiger partial charge in [0.15, 0.2) is 0 Å². The average Bonchev–Trinajstić information content (AvgIpc) is 3.38. The van der Waals surface area contributed by atoms with Gasteiger partial charge in [0.2, 0.25) is 5.95 Å². The molecule has 0 saturated heterocycles. The van der Waals surface area contributed by atoms with Crippen molar-refractivity contribution in [3.05, 3.63) is 52.9 Å². The molecular formula is C27H29F3N4O5S. The highest BCUT2D eigenvalue weighted by molar-refractivity contribution is 7.15. The van der Waals surface area contributed by atoms with Crippen LogP contribution < -0.4 is 5.32 Å². The fraction of sp³-hybridized carbons (Fsp3) is 0.444. The van der Waals surface area contributed by atoms with E-state index in [0.29, 0.717) is 46.0 Å². The summed E-state index contributed by atoms with van der Waals surface area (Å²) >= 11 is 1.27. The normalized spacial score (nSPS) is 20.6. The van der Waals surface area contributed by atoms with Crippen LogP contribution in [-0.4, -0.2) is 39.1 Å². The summed E-state index contributed by atoms with van der Waals surface area (Å²) < 4.78 is 49.5. The zero-order valence-electron chi connectivity index (χ0n) is 22.3. The maximum absolute atomic E-state index is 13.1. The van der Waals surface area contributed by atoms with Gasteiger partial charge in [-0.1, -0.05) is 13.8 Å². The molecule has 1 saturated carbocycles. The second-order valence-electron chi connectivity index (χ2n) is 10.4. The van der Waals surface area contributed by atoms with E-state index in [0.717, 1.165) is 12.3 Å². The van der Waals surface area contributed by atoms with Crippen molar-refractivity contribution in [1.29, 1.82) is 0 Å². The van der Waals surface area contributed by atoms with E-state index in [2.05, 4.69) is 20.3 Å². The van der Waals surface area contributed by atoms with Gasteiger partial charge in [-0.3, -0.25) is 9.59 Å². The molecule has 1 aromatic carbocycles. The molecule has 0 bridgehead atoms. The number of benzene rings is 1. The number of nitrogens with zero attached hydrogens (tertiary/aromatic N) is 3. The van der Waals surface area contributed by atoms with Crippen molar-refractivity contribution in [1.82, 2.24) is 15.0 Å². The molecule has 4 rings (SSSR count). The second kappa shape index (κ2) is 11.1. The molecule has 1 aliphatic rings. The van der Waals surface area contributed by atoms with E-state index in [9.17, 15) is 27.9 Å². The molecule has 214 valence electrons. The average molecular weight is 579 g/mol. The first kappa shape index (κ1) is 29.4. The molecule has 2 N–H and O–H groups in total. The van der Waals surface area contributed by atoms with Gasteiger partial charge in [0.1, 0.15) is 22.9 Å². The summed E-state index contributed by atoms with van der Waals surface area (Å²) in [5.41, 5.74) is -1.31. The van der Waals surface area contributed by atoms with E-state index in [-0.39, 0.29) is 24.4 Å². The van der Waals surface area contributed by atoms with Gasteiger partial charge in [0.25, 0.3) is 0 Å². The number of aliphatic hydroxyl groups is 1. The number of anilines is 2. The monoisotopic (exact) mass is 578 g/mol. The minimum absolute atomic E-state index is 0.0694. The van der Waals surface area contributed by atoms with Crippen LogP contribution in [0.4, 0.5) is 24.8 Å². The minimum Gasteiger partial charge on any atom is -0.469 e. The van der Waals surface area contributed by atoms with Crippen LogP contribution in [0, 0.1) is 11.3 Å². The fourth-order valence-corrected chi connectivity index (χ4v) is 6.02. The third-order valence-electron chi connectivity index (χ3n) is 6.85. The maximum atomic E-state index is 13.1. The molecule has 0 aliphatic heterocycles. The number of esters is 2. The molecule has 0 unspecified atom stereocenters. The molecule has 13 heteroatoms. The lowest BCUT2D eigenvalue weighted by Crippen LogP contribution is -2.45. The quantitative estimate of drug-likeness (QED) is 0.344. The summed E-state index contributed by atoms with van der Waals surface area (Å²) in [4.78, 5) is 36.3. The van der Waals surface area contributed by atoms with Crippen molar-refractivity contribution in [3.63, 3.8) is 0 Å². The van der Waals surface area contributed by atoms with Crippen LogP contribution in [0.2, 0.25) is 0 Å². The Hall–Kier alpha value is -3.58. The van der Waals surface area contributed by atoms with Gasteiger partial charge in [-0.15, -0.1) is 11.3 Å². The Morgan fingerprint density at radius 2 is 1.98 bits per heavy atom. The first-order valence-corrected chi connectivity index (χ1v) is 13.2. The molecule has 40 heavy (non-hydrogen) atoms. The maximum Gasteiger partial charge on any atom is 0.433 e. The van der Waals surface area contributed by atoms with Crippen LogP contribution in [0.3, 0.4) is 0 Å². The van der Waals surface area contributed by atoms with E-state index in [1.165, 1.54) is 25.4 Å². The van der Waals surface area contributed by atoms with Gasteiger partial charge in [0.05, 0.1) is 17.9 Å². The Labute approximate surface area is 232 Å². The third-order valence-corrected chi connectivity index (χ3v) is 8.09. The molecule has 3 aromatic rings. The summed E-state index contributed by atoms with van der Waals surface area (Å²) in [5.74, 6) is -1.40. The molecule has 2 heterocycles. The van der Waals surface area contributed by atoms with E-state index in [1.807, 2.05) is 13.8 Å². The Morgan fingerprint density at radius 1 is 1.23 bits per heavy atom. The first-order chi connectivity index (χ1) is 18.7. The number of carbonyl (C=O) groups excluding carboxylic acids is 2. The van der Waals surface area contributed by atoms with Crippen LogP contribution in [0.25, 0.3) is 10.4 Å². The standard InChI is InChI=1S/C27H29F3N4O5S/c1-15(35)39-13-16-9-17(11-18(10-16)33-24-31-8-6-21(34-24)27(28,29)30)20-12-32-23(40-20)26(37)7-5-19(22(36)38-4)25(2,3)14-26/h6,8-12,19,37H,5,7,13-14H2,1-4H3,(H,31,33,34)/t19-,26-/m1/s1. The summed E-state index contributed by atoms with van der Waals surface area (Å²) in [6.07, 6.45) is -0.949. The SMILES string of the molecule is COC(=O)[C@H]1CC[C@](O)(c2ncc(-c3cc(COC(C)=O)cc(Nc4nccc(C(F)(F)F)n4)c3)s2)CC1(C)C. The molecular weight excluding hydrogens is 549 g/mol. The largest absolute Gasteiger partial charge is 0.469 e. The number of nitrogens with one attached hydrogen (secondary N) is 1. The molecule has 0 radical (unpaired) electrons. The van der Waals surface area contributed by atoms with Crippen LogP contribution in [0.15, 0.2) is 36.7 Å². The van der Waals surface area contributed by atoms with Crippen LogP contribution in [0.1, 0.15) is 56.3 Å². The van der Waals surface area contributed by atoms with Crippen LogP contribution in [0.5, 0.6) is 0 Å². The highest BCUT2D eigenvalue weighted by Gasteiger charge is 2.49. The van der Waals surface area contributed by atoms with Crippen LogP contribution >= 0.6 is 11.3 Å². The Balaban J connectivity index is 1.65. The molecule has 0 spiro atoms. The van der Waals surface area contributed by atoms with Crippen molar-refractivity contribution < 1.29 is 37.3 Å². The lowest BCUT2D eigenvalue weighted by atomic mass is 9.63. The molecule has 2 aromatic heterocycles. The number of methoxy groups -OCH3 is 1. The van der Waals surface area contributed by atoms with Crippen LogP contribution in [-0.2, 0) is 37.4 Å². The number of hydrogen-bond acceptors (Lipinski definition) is 10. The van der Waals surface area contributed by atoms with Gasteiger partial charge in [-0.05, 0) is 60.1 Å². The number of thiazole rings is 1. The lowest BCUT2D eigenvalue weighted by molar-refractivity contribution is -0.157. The molecule has 1 aliphatic carbocycles. The zero-order valence-corrected chi connectivity index (χ0v) is 23.2. The number of hydrogen-bond donors (Lipinski definition) is 2. The number of carbonyl (C=O) groups is 2. The van der Waals surface area contributed by atoms with Gasteiger partial charge >= 0.3 is 18.1 Å². The lowest BCUT2D eigenvalue weighted by Gasteiger charge is -2.44. The van der Waals surface area contributed by atoms with Crippen molar-refractivity contribution in [2.75, 3.05) is 12.4 Å². The Bertz CT molecular complexity index is 1410. The van der Waals surface area contributed by atoms with Gasteiger partial charge in [-0.25, -0.2) is 15.0 Å². The third kappa shape index (κ3) is 6.58. The molecule has 9 nitrogen and oxygen atoms in total. The number of alkyl halides is 3. The van der Waals surface area contributed by atoms with E-state index in [1.54, 1.807) is 24.4 Å². The molecule has 0 amide bonds. The fourth-order valence-electron chi connectivity index (χ4n) is 5.00. The summed E-state index contributed by atoms with van der Waals surface area (Å²) in [7, 11) is 1.35. The highest BCUT2D eigenvalue weighted by Crippen LogP contribution is 2.51. The number of rotatable bonds is 7. The predicted octanol–water partition coefficient (Wildman–Crippen LogP) is 5.61. The summed E-state index contributed by atoms with van der Waals surface area (Å²) in [6, 6.07) is 5.83. The van der Waals surface area contributed by atoms with E-state index >= 15 is 0 Å². The van der Waals surface area contributed by atoms with Gasteiger partial charge < -0.3 is 19.9 Å². The topological polar surface area (TPSA) is 124 Å². The number of ether oxygens (including phenoxy) is 2. The highest BCUT2D eigenvalue weighted by atomic mass is 32.1. The van der Waals surface area contributed by atoms with Crippen molar-refractivity contribution in [2.45, 2.75) is 58.4 Å². The number of aromatic nitrogens is 3. The Morgan fingerprint density at radius 3 is 2.62 bits per heavy atom.